The summed E-state index contributed by atoms with van der Waals surface area (Å²) in [6.45, 7) is 2.63. The van der Waals surface area contributed by atoms with Crippen molar-refractivity contribution in [2.45, 2.75) is 50.7 Å². The lowest BCUT2D eigenvalue weighted by atomic mass is 9.88. The van der Waals surface area contributed by atoms with Crippen molar-refractivity contribution < 1.29 is 9.13 Å². The highest BCUT2D eigenvalue weighted by Gasteiger charge is 2.40. The van der Waals surface area contributed by atoms with Crippen LogP contribution in [0.4, 0.5) is 4.39 Å². The Morgan fingerprint density at radius 1 is 1.42 bits per heavy atom. The maximum absolute atomic E-state index is 13.8. The zero-order valence-electron chi connectivity index (χ0n) is 11.3. The molecule has 1 aromatic rings. The molecule has 0 heterocycles. The van der Waals surface area contributed by atoms with Crippen LogP contribution in [0.1, 0.15) is 38.2 Å². The Kier molecular flexibility index (Phi) is 4.82. The molecule has 0 aliphatic heterocycles. The van der Waals surface area contributed by atoms with E-state index in [0.29, 0.717) is 23.6 Å². The number of nitrogens with two attached hydrogens (primary N) is 1. The summed E-state index contributed by atoms with van der Waals surface area (Å²) in [6.07, 6.45) is 4.70. The van der Waals surface area contributed by atoms with Gasteiger partial charge in [0.2, 0.25) is 0 Å². The van der Waals surface area contributed by atoms with Gasteiger partial charge in [-0.25, -0.2) is 4.39 Å². The van der Waals surface area contributed by atoms with Crippen LogP contribution in [0.15, 0.2) is 18.2 Å². The zero-order chi connectivity index (χ0) is 13.9. The highest BCUT2D eigenvalue weighted by Crippen LogP contribution is 2.36. The van der Waals surface area contributed by atoms with Gasteiger partial charge in [-0.05, 0) is 43.9 Å². The number of hydrogen-bond acceptors (Lipinski definition) is 2. The number of rotatable bonds is 5. The normalized spacial score (nSPS) is 19.6. The van der Waals surface area contributed by atoms with Crippen molar-refractivity contribution in [2.24, 2.45) is 5.73 Å². The molecular formula is C15H21ClFNO. The minimum atomic E-state index is -0.285. The van der Waals surface area contributed by atoms with Gasteiger partial charge in [0.15, 0.2) is 0 Å². The molecule has 0 aromatic heterocycles. The maximum Gasteiger partial charge on any atom is 0.127 e. The van der Waals surface area contributed by atoms with Crippen LogP contribution in [-0.4, -0.2) is 18.2 Å². The van der Waals surface area contributed by atoms with Crippen LogP contribution in [0.3, 0.4) is 0 Å². The molecule has 1 aliphatic rings. The van der Waals surface area contributed by atoms with Crippen molar-refractivity contribution in [3.05, 3.63) is 34.6 Å². The van der Waals surface area contributed by atoms with E-state index in [9.17, 15) is 4.39 Å². The predicted molar refractivity (Wildman–Crippen MR) is 75.9 cm³/mol. The molecule has 1 unspecified atom stereocenters. The quantitative estimate of drug-likeness (QED) is 0.895. The lowest BCUT2D eigenvalue weighted by Gasteiger charge is -2.35. The first kappa shape index (κ1) is 14.8. The highest BCUT2D eigenvalue weighted by molar-refractivity contribution is 6.30. The lowest BCUT2D eigenvalue weighted by Crippen LogP contribution is -2.49. The van der Waals surface area contributed by atoms with E-state index < -0.39 is 0 Å². The van der Waals surface area contributed by atoms with Gasteiger partial charge in [0.1, 0.15) is 5.82 Å². The highest BCUT2D eigenvalue weighted by atomic mass is 35.5. The van der Waals surface area contributed by atoms with E-state index in [2.05, 4.69) is 0 Å². The van der Waals surface area contributed by atoms with E-state index in [1.54, 1.807) is 12.1 Å². The minimum Gasteiger partial charge on any atom is -0.374 e. The van der Waals surface area contributed by atoms with E-state index in [1.807, 2.05) is 6.92 Å². The third-order valence-electron chi connectivity index (χ3n) is 4.01. The average molecular weight is 286 g/mol. The smallest absolute Gasteiger partial charge is 0.127 e. The van der Waals surface area contributed by atoms with E-state index >= 15 is 0 Å². The summed E-state index contributed by atoms with van der Waals surface area (Å²) in [6, 6.07) is 4.58. The molecule has 2 rings (SSSR count). The Balaban J connectivity index is 2.12. The van der Waals surface area contributed by atoms with Gasteiger partial charge in [0.25, 0.3) is 0 Å². The Morgan fingerprint density at radius 3 is 2.68 bits per heavy atom. The lowest BCUT2D eigenvalue weighted by molar-refractivity contribution is -0.0526. The topological polar surface area (TPSA) is 35.2 Å². The second-order valence-corrected chi connectivity index (χ2v) is 5.69. The molecule has 19 heavy (non-hydrogen) atoms. The molecule has 0 bridgehead atoms. The summed E-state index contributed by atoms with van der Waals surface area (Å²) in [7, 11) is 0. The summed E-state index contributed by atoms with van der Waals surface area (Å²) < 4.78 is 19.7. The molecule has 0 spiro atoms. The van der Waals surface area contributed by atoms with Crippen LogP contribution in [0, 0.1) is 5.82 Å². The van der Waals surface area contributed by atoms with Crippen molar-refractivity contribution in [3.63, 3.8) is 0 Å². The molecule has 106 valence electrons. The van der Waals surface area contributed by atoms with Crippen LogP contribution < -0.4 is 5.73 Å². The first-order chi connectivity index (χ1) is 9.07. The molecule has 1 fully saturated rings. The second kappa shape index (κ2) is 6.21. The summed E-state index contributed by atoms with van der Waals surface area (Å²) in [5.41, 5.74) is 6.65. The summed E-state index contributed by atoms with van der Waals surface area (Å²) in [4.78, 5) is 0. The Morgan fingerprint density at radius 2 is 2.11 bits per heavy atom. The van der Waals surface area contributed by atoms with Crippen molar-refractivity contribution >= 4 is 11.6 Å². The largest absolute Gasteiger partial charge is 0.374 e. The molecule has 1 aliphatic carbocycles. The first-order valence-corrected chi connectivity index (χ1v) is 7.28. The van der Waals surface area contributed by atoms with Gasteiger partial charge in [0.05, 0.1) is 5.60 Å². The second-order valence-electron chi connectivity index (χ2n) is 5.25. The van der Waals surface area contributed by atoms with Gasteiger partial charge in [-0.15, -0.1) is 0 Å². The van der Waals surface area contributed by atoms with Crippen molar-refractivity contribution in [2.75, 3.05) is 6.61 Å². The van der Waals surface area contributed by atoms with Crippen LogP contribution in [-0.2, 0) is 11.2 Å². The fraction of sp³-hybridized carbons (Fsp3) is 0.600. The third kappa shape index (κ3) is 3.28. The number of hydrogen-bond donors (Lipinski definition) is 1. The van der Waals surface area contributed by atoms with E-state index in [0.717, 1.165) is 25.7 Å². The first-order valence-electron chi connectivity index (χ1n) is 6.91. The zero-order valence-corrected chi connectivity index (χ0v) is 12.0. The summed E-state index contributed by atoms with van der Waals surface area (Å²) >= 11 is 5.76. The van der Waals surface area contributed by atoms with Crippen LogP contribution in [0.5, 0.6) is 0 Å². The number of ether oxygens (including phenoxy) is 1. The van der Waals surface area contributed by atoms with E-state index in [-0.39, 0.29) is 17.5 Å². The number of benzene rings is 1. The fourth-order valence-corrected chi connectivity index (χ4v) is 3.15. The van der Waals surface area contributed by atoms with E-state index in [4.69, 9.17) is 22.1 Å². The van der Waals surface area contributed by atoms with Gasteiger partial charge in [0, 0.05) is 17.7 Å². The Labute approximate surface area is 119 Å². The van der Waals surface area contributed by atoms with Gasteiger partial charge in [-0.3, -0.25) is 0 Å². The molecule has 0 amide bonds. The van der Waals surface area contributed by atoms with Crippen LogP contribution in [0.25, 0.3) is 0 Å². The van der Waals surface area contributed by atoms with E-state index in [1.165, 1.54) is 6.07 Å². The van der Waals surface area contributed by atoms with Gasteiger partial charge < -0.3 is 10.5 Å². The van der Waals surface area contributed by atoms with Gasteiger partial charge >= 0.3 is 0 Å². The van der Waals surface area contributed by atoms with Gasteiger partial charge in [-0.1, -0.05) is 30.5 Å². The molecule has 2 nitrogen and oxygen atoms in total. The Bertz CT molecular complexity index is 432. The maximum atomic E-state index is 13.8. The molecule has 1 saturated carbocycles. The predicted octanol–water partition coefficient (Wildman–Crippen LogP) is 3.70. The van der Waals surface area contributed by atoms with Gasteiger partial charge in [-0.2, -0.15) is 0 Å². The molecule has 1 atom stereocenters. The fourth-order valence-electron chi connectivity index (χ4n) is 2.99. The molecule has 1 aromatic carbocycles. The third-order valence-corrected chi connectivity index (χ3v) is 4.25. The molecule has 2 N–H and O–H groups in total. The SMILES string of the molecule is CCOC1(C(N)Cc2ccc(Cl)cc2F)CCCC1. The van der Waals surface area contributed by atoms with Crippen LogP contribution in [0.2, 0.25) is 5.02 Å². The number of halogens is 2. The van der Waals surface area contributed by atoms with Crippen molar-refractivity contribution in [1.29, 1.82) is 0 Å². The van der Waals surface area contributed by atoms with Crippen molar-refractivity contribution in [3.8, 4) is 0 Å². The van der Waals surface area contributed by atoms with Crippen LogP contribution >= 0.6 is 11.6 Å². The monoisotopic (exact) mass is 285 g/mol. The molecule has 0 radical (unpaired) electrons. The molecule has 4 heteroatoms. The average Bonchev–Trinajstić information content (AvgIpc) is 2.83. The minimum absolute atomic E-state index is 0.175. The summed E-state index contributed by atoms with van der Waals surface area (Å²) in [5, 5.41) is 0.412. The standard InChI is InChI=1S/C15H21ClFNO/c1-2-19-15(7-3-4-8-15)14(18)9-11-5-6-12(16)10-13(11)17/h5-6,10,14H,2-4,7-9,18H2,1H3. The summed E-state index contributed by atoms with van der Waals surface area (Å²) in [5.74, 6) is -0.285. The Hall–Kier alpha value is -0.640. The van der Waals surface area contributed by atoms with Crippen molar-refractivity contribution in [1.82, 2.24) is 0 Å². The molecular weight excluding hydrogens is 265 g/mol. The molecule has 0 saturated heterocycles.